The Kier molecular flexibility index (Phi) is 5.26. The number of rotatable bonds is 6. The SMILES string of the molecule is COc1ccc(C#N)c(OCCOc2cccc(C)c2C)c1. The molecule has 22 heavy (non-hydrogen) atoms. The average molecular weight is 297 g/mol. The van der Waals surface area contributed by atoms with E-state index in [-0.39, 0.29) is 0 Å². The fourth-order valence-electron chi connectivity index (χ4n) is 2.03. The van der Waals surface area contributed by atoms with E-state index in [1.165, 1.54) is 5.56 Å². The van der Waals surface area contributed by atoms with Gasteiger partial charge in [0, 0.05) is 6.07 Å². The Morgan fingerprint density at radius 1 is 1.00 bits per heavy atom. The quantitative estimate of drug-likeness (QED) is 0.764. The van der Waals surface area contributed by atoms with Crippen LogP contribution in [-0.4, -0.2) is 20.3 Å². The van der Waals surface area contributed by atoms with Gasteiger partial charge in [0.2, 0.25) is 0 Å². The highest BCUT2D eigenvalue weighted by atomic mass is 16.5. The first-order valence-electron chi connectivity index (χ1n) is 7.05. The summed E-state index contributed by atoms with van der Waals surface area (Å²) in [5.41, 5.74) is 2.80. The molecule has 0 aliphatic heterocycles. The lowest BCUT2D eigenvalue weighted by atomic mass is 10.1. The van der Waals surface area contributed by atoms with Crippen molar-refractivity contribution in [3.8, 4) is 23.3 Å². The molecule has 0 aliphatic rings. The summed E-state index contributed by atoms with van der Waals surface area (Å²) in [6.45, 7) is 4.84. The van der Waals surface area contributed by atoms with Crippen LogP contribution in [0.25, 0.3) is 0 Å². The maximum absolute atomic E-state index is 9.08. The molecule has 0 amide bonds. The maximum atomic E-state index is 9.08. The monoisotopic (exact) mass is 297 g/mol. The molecule has 0 N–H and O–H groups in total. The molecule has 0 aliphatic carbocycles. The number of methoxy groups -OCH3 is 1. The largest absolute Gasteiger partial charge is 0.497 e. The van der Waals surface area contributed by atoms with Gasteiger partial charge in [-0.25, -0.2) is 0 Å². The molecule has 2 aromatic carbocycles. The molecule has 4 nitrogen and oxygen atoms in total. The number of benzene rings is 2. The molecule has 0 radical (unpaired) electrons. The highest BCUT2D eigenvalue weighted by Gasteiger charge is 2.06. The van der Waals surface area contributed by atoms with E-state index >= 15 is 0 Å². The van der Waals surface area contributed by atoms with Gasteiger partial charge < -0.3 is 14.2 Å². The van der Waals surface area contributed by atoms with Gasteiger partial charge in [0.25, 0.3) is 0 Å². The summed E-state index contributed by atoms with van der Waals surface area (Å²) < 4.78 is 16.5. The first kappa shape index (κ1) is 15.7. The van der Waals surface area contributed by atoms with Gasteiger partial charge in [-0.05, 0) is 43.2 Å². The summed E-state index contributed by atoms with van der Waals surface area (Å²) in [5, 5.41) is 9.08. The van der Waals surface area contributed by atoms with E-state index in [2.05, 4.69) is 6.07 Å². The predicted octanol–water partition coefficient (Wildman–Crippen LogP) is 3.64. The van der Waals surface area contributed by atoms with Crippen molar-refractivity contribution in [3.63, 3.8) is 0 Å². The molecule has 0 unspecified atom stereocenters. The number of hydrogen-bond acceptors (Lipinski definition) is 4. The molecule has 0 saturated heterocycles. The van der Waals surface area contributed by atoms with Crippen LogP contribution in [0.3, 0.4) is 0 Å². The number of nitrogens with zero attached hydrogens (tertiary/aromatic N) is 1. The molecule has 2 rings (SSSR count). The number of ether oxygens (including phenoxy) is 3. The van der Waals surface area contributed by atoms with Gasteiger partial charge in [-0.1, -0.05) is 12.1 Å². The van der Waals surface area contributed by atoms with Crippen LogP contribution in [0.15, 0.2) is 36.4 Å². The van der Waals surface area contributed by atoms with Gasteiger partial charge in [-0.3, -0.25) is 0 Å². The molecule has 0 saturated carbocycles. The van der Waals surface area contributed by atoms with E-state index in [9.17, 15) is 0 Å². The Labute approximate surface area is 130 Å². The minimum Gasteiger partial charge on any atom is -0.497 e. The van der Waals surface area contributed by atoms with E-state index < -0.39 is 0 Å². The zero-order valence-electron chi connectivity index (χ0n) is 13.1. The Morgan fingerprint density at radius 2 is 1.73 bits per heavy atom. The molecule has 0 bridgehead atoms. The molecule has 2 aromatic rings. The lowest BCUT2D eigenvalue weighted by molar-refractivity contribution is 0.215. The normalized spacial score (nSPS) is 9.91. The first-order chi connectivity index (χ1) is 10.7. The Morgan fingerprint density at radius 3 is 2.41 bits per heavy atom. The van der Waals surface area contributed by atoms with E-state index in [1.54, 1.807) is 25.3 Å². The number of aryl methyl sites for hydroxylation is 1. The van der Waals surface area contributed by atoms with Crippen LogP contribution < -0.4 is 14.2 Å². The predicted molar refractivity (Wildman–Crippen MR) is 84.6 cm³/mol. The lowest BCUT2D eigenvalue weighted by Gasteiger charge is -2.12. The van der Waals surface area contributed by atoms with Crippen LogP contribution in [-0.2, 0) is 0 Å². The average Bonchev–Trinajstić information content (AvgIpc) is 2.55. The van der Waals surface area contributed by atoms with Gasteiger partial charge in [0.15, 0.2) is 0 Å². The van der Waals surface area contributed by atoms with Crippen molar-refractivity contribution in [1.29, 1.82) is 5.26 Å². The molecule has 0 spiro atoms. The maximum Gasteiger partial charge on any atom is 0.140 e. The van der Waals surface area contributed by atoms with E-state index in [0.717, 1.165) is 11.3 Å². The summed E-state index contributed by atoms with van der Waals surface area (Å²) in [6.07, 6.45) is 0. The molecule has 0 aromatic heterocycles. The van der Waals surface area contributed by atoms with Crippen LogP contribution >= 0.6 is 0 Å². The van der Waals surface area contributed by atoms with Crippen LogP contribution in [0, 0.1) is 25.2 Å². The van der Waals surface area contributed by atoms with Crippen LogP contribution in [0.5, 0.6) is 17.2 Å². The van der Waals surface area contributed by atoms with E-state index in [1.807, 2.05) is 32.0 Å². The minimum atomic E-state index is 0.356. The molecule has 0 heterocycles. The van der Waals surface area contributed by atoms with Gasteiger partial charge in [0.1, 0.15) is 36.5 Å². The summed E-state index contributed by atoms with van der Waals surface area (Å²) in [4.78, 5) is 0. The first-order valence-corrected chi connectivity index (χ1v) is 7.05. The second-order valence-electron chi connectivity index (χ2n) is 4.87. The zero-order valence-corrected chi connectivity index (χ0v) is 13.1. The van der Waals surface area contributed by atoms with Crippen molar-refractivity contribution in [2.75, 3.05) is 20.3 Å². The standard InChI is InChI=1S/C18H19NO3/c1-13-5-4-6-17(14(13)2)21-9-10-22-18-11-16(20-3)8-7-15(18)12-19/h4-8,11H,9-10H2,1-3H3. The van der Waals surface area contributed by atoms with Crippen molar-refractivity contribution in [2.24, 2.45) is 0 Å². The zero-order chi connectivity index (χ0) is 15.9. The summed E-state index contributed by atoms with van der Waals surface area (Å²) in [7, 11) is 1.58. The summed E-state index contributed by atoms with van der Waals surface area (Å²) in [6, 6.07) is 13.2. The molecule has 0 fully saturated rings. The van der Waals surface area contributed by atoms with Crippen molar-refractivity contribution >= 4 is 0 Å². The van der Waals surface area contributed by atoms with Gasteiger partial charge in [-0.15, -0.1) is 0 Å². The molecule has 114 valence electrons. The molecular formula is C18H19NO3. The number of hydrogen-bond donors (Lipinski definition) is 0. The van der Waals surface area contributed by atoms with Gasteiger partial charge >= 0.3 is 0 Å². The van der Waals surface area contributed by atoms with Crippen molar-refractivity contribution < 1.29 is 14.2 Å². The van der Waals surface area contributed by atoms with E-state index in [4.69, 9.17) is 19.5 Å². The third kappa shape index (κ3) is 3.70. The highest BCUT2D eigenvalue weighted by Crippen LogP contribution is 2.24. The fraction of sp³-hybridized carbons (Fsp3) is 0.278. The number of nitriles is 1. The Bertz CT molecular complexity index is 689. The van der Waals surface area contributed by atoms with E-state index in [0.29, 0.717) is 30.3 Å². The van der Waals surface area contributed by atoms with Gasteiger partial charge in [0.05, 0.1) is 12.7 Å². The summed E-state index contributed by atoms with van der Waals surface area (Å²) >= 11 is 0. The summed E-state index contributed by atoms with van der Waals surface area (Å²) in [5.74, 6) is 2.02. The third-order valence-corrected chi connectivity index (χ3v) is 3.46. The minimum absolute atomic E-state index is 0.356. The Hall–Kier alpha value is -2.67. The fourth-order valence-corrected chi connectivity index (χ4v) is 2.03. The molecule has 4 heteroatoms. The van der Waals surface area contributed by atoms with Crippen molar-refractivity contribution in [3.05, 3.63) is 53.1 Å². The second kappa shape index (κ2) is 7.37. The molecule has 0 atom stereocenters. The Balaban J connectivity index is 1.94. The van der Waals surface area contributed by atoms with Crippen molar-refractivity contribution in [1.82, 2.24) is 0 Å². The topological polar surface area (TPSA) is 51.5 Å². The lowest BCUT2D eigenvalue weighted by Crippen LogP contribution is -2.10. The van der Waals surface area contributed by atoms with Crippen molar-refractivity contribution in [2.45, 2.75) is 13.8 Å². The third-order valence-electron chi connectivity index (χ3n) is 3.46. The van der Waals surface area contributed by atoms with Gasteiger partial charge in [-0.2, -0.15) is 5.26 Å². The highest BCUT2D eigenvalue weighted by molar-refractivity contribution is 5.47. The smallest absolute Gasteiger partial charge is 0.140 e. The van der Waals surface area contributed by atoms with Crippen LogP contribution in [0.1, 0.15) is 16.7 Å². The second-order valence-corrected chi connectivity index (χ2v) is 4.87. The van der Waals surface area contributed by atoms with Crippen LogP contribution in [0.2, 0.25) is 0 Å². The molecular weight excluding hydrogens is 278 g/mol. The van der Waals surface area contributed by atoms with Crippen LogP contribution in [0.4, 0.5) is 0 Å².